The molecule has 0 N–H and O–H groups in total. The molecule has 1 aliphatic rings. The van der Waals surface area contributed by atoms with Crippen LogP contribution in [0.25, 0.3) is 0 Å². The van der Waals surface area contributed by atoms with Crippen LogP contribution in [0.5, 0.6) is 5.75 Å². The molecule has 122 valence electrons. The topological polar surface area (TPSA) is 27.7 Å². The van der Waals surface area contributed by atoms with Crippen molar-refractivity contribution in [1.82, 2.24) is 0 Å². The predicted octanol–water partition coefficient (Wildman–Crippen LogP) is 3.71. The van der Waals surface area contributed by atoms with Crippen LogP contribution in [0.1, 0.15) is 53.5 Å². The molecular weight excluding hydrogens is 289 g/mol. The molecular formula is C16H23BF2O3. The lowest BCUT2D eigenvalue weighted by Crippen LogP contribution is -2.41. The summed E-state index contributed by atoms with van der Waals surface area (Å²) in [7, 11) is -0.871. The van der Waals surface area contributed by atoms with Gasteiger partial charge < -0.3 is 14.0 Å². The third-order valence-electron chi connectivity index (χ3n) is 4.19. The summed E-state index contributed by atoms with van der Waals surface area (Å²) in [5.74, 6) is 0.381. The van der Waals surface area contributed by atoms with Crippen molar-refractivity contribution in [3.05, 3.63) is 23.8 Å². The molecule has 0 amide bonds. The second kappa shape index (κ2) is 5.82. The highest BCUT2D eigenvalue weighted by Gasteiger charge is 2.53. The second-order valence-corrected chi connectivity index (χ2v) is 6.81. The van der Waals surface area contributed by atoms with Crippen LogP contribution in [-0.2, 0) is 9.31 Å². The minimum atomic E-state index is -2.62. The van der Waals surface area contributed by atoms with Gasteiger partial charge in [-0.1, -0.05) is 12.1 Å². The van der Waals surface area contributed by atoms with Gasteiger partial charge in [0.15, 0.2) is 0 Å². The summed E-state index contributed by atoms with van der Waals surface area (Å²) in [5.41, 5.74) is -1.02. The molecule has 22 heavy (non-hydrogen) atoms. The third kappa shape index (κ3) is 3.13. The van der Waals surface area contributed by atoms with Crippen molar-refractivity contribution in [1.29, 1.82) is 0 Å². The average Bonchev–Trinajstić information content (AvgIpc) is 2.56. The first-order chi connectivity index (χ1) is 10.0. The van der Waals surface area contributed by atoms with E-state index in [1.54, 1.807) is 12.1 Å². The van der Waals surface area contributed by atoms with Crippen molar-refractivity contribution in [3.8, 4) is 5.75 Å². The fourth-order valence-corrected chi connectivity index (χ4v) is 2.32. The van der Waals surface area contributed by atoms with E-state index in [0.717, 1.165) is 0 Å². The molecule has 6 heteroatoms. The summed E-state index contributed by atoms with van der Waals surface area (Å²) in [4.78, 5) is 0. The highest BCUT2D eigenvalue weighted by Crippen LogP contribution is 2.38. The van der Waals surface area contributed by atoms with Crippen molar-refractivity contribution in [2.45, 2.75) is 65.3 Å². The Morgan fingerprint density at radius 1 is 1.05 bits per heavy atom. The molecule has 1 aromatic rings. The Labute approximate surface area is 131 Å². The van der Waals surface area contributed by atoms with Crippen molar-refractivity contribution in [3.63, 3.8) is 0 Å². The first-order valence-corrected chi connectivity index (χ1v) is 7.48. The standard InChI is InChI=1S/C16H23BF2O3/c1-10(2)20-12-9-7-8-11(14(18)19)13(12)17-21-15(3,4)16(5,6)22-17/h7-10,14H,1-6H3. The van der Waals surface area contributed by atoms with Gasteiger partial charge >= 0.3 is 7.12 Å². The lowest BCUT2D eigenvalue weighted by atomic mass is 9.75. The Balaban J connectivity index is 2.49. The first kappa shape index (κ1) is 17.2. The average molecular weight is 312 g/mol. The quantitative estimate of drug-likeness (QED) is 0.793. The molecule has 0 aliphatic carbocycles. The maximum atomic E-state index is 13.4. The molecule has 0 saturated carbocycles. The molecule has 3 nitrogen and oxygen atoms in total. The monoisotopic (exact) mass is 312 g/mol. The van der Waals surface area contributed by atoms with Crippen LogP contribution in [0.3, 0.4) is 0 Å². The lowest BCUT2D eigenvalue weighted by Gasteiger charge is -2.32. The van der Waals surface area contributed by atoms with Crippen LogP contribution in [0.2, 0.25) is 0 Å². The smallest absolute Gasteiger partial charge is 0.491 e. The Morgan fingerprint density at radius 2 is 1.59 bits per heavy atom. The summed E-state index contributed by atoms with van der Waals surface area (Å²) in [6.45, 7) is 11.3. The van der Waals surface area contributed by atoms with E-state index in [1.807, 2.05) is 41.5 Å². The Bertz CT molecular complexity index is 528. The fourth-order valence-electron chi connectivity index (χ4n) is 2.32. The number of benzene rings is 1. The van der Waals surface area contributed by atoms with Gasteiger partial charge in [-0.05, 0) is 47.6 Å². The molecule has 0 atom stereocenters. The zero-order valence-corrected chi connectivity index (χ0v) is 13.9. The lowest BCUT2D eigenvalue weighted by molar-refractivity contribution is 0.00578. The van der Waals surface area contributed by atoms with Gasteiger partial charge in [0.05, 0.1) is 17.3 Å². The molecule has 0 spiro atoms. The third-order valence-corrected chi connectivity index (χ3v) is 4.19. The number of halogens is 2. The number of hydrogen-bond acceptors (Lipinski definition) is 3. The zero-order chi connectivity index (χ0) is 16.7. The number of alkyl halides is 2. The normalized spacial score (nSPS) is 20.0. The minimum Gasteiger partial charge on any atom is -0.491 e. The summed E-state index contributed by atoms with van der Waals surface area (Å²) >= 11 is 0. The maximum absolute atomic E-state index is 13.4. The minimum absolute atomic E-state index is 0.114. The van der Waals surface area contributed by atoms with Gasteiger partial charge in [-0.25, -0.2) is 8.78 Å². The van der Waals surface area contributed by atoms with E-state index in [4.69, 9.17) is 14.0 Å². The molecule has 1 saturated heterocycles. The summed E-state index contributed by atoms with van der Waals surface area (Å²) in [6.07, 6.45) is -2.75. The summed E-state index contributed by atoms with van der Waals surface area (Å²) in [5, 5.41) is 0. The van der Waals surface area contributed by atoms with Gasteiger partial charge in [0.25, 0.3) is 6.43 Å². The number of hydrogen-bond donors (Lipinski definition) is 0. The van der Waals surface area contributed by atoms with E-state index in [1.165, 1.54) is 6.07 Å². The molecule has 0 unspecified atom stereocenters. The van der Waals surface area contributed by atoms with Gasteiger partial charge in [-0.3, -0.25) is 0 Å². The predicted molar refractivity (Wildman–Crippen MR) is 82.9 cm³/mol. The van der Waals surface area contributed by atoms with Crippen LogP contribution in [0, 0.1) is 0 Å². The van der Waals surface area contributed by atoms with Crippen LogP contribution >= 0.6 is 0 Å². The van der Waals surface area contributed by atoms with Crippen molar-refractivity contribution in [2.75, 3.05) is 0 Å². The van der Waals surface area contributed by atoms with E-state index in [0.29, 0.717) is 5.75 Å². The molecule has 0 bridgehead atoms. The molecule has 1 heterocycles. The molecule has 1 aliphatic heterocycles. The van der Waals surface area contributed by atoms with Gasteiger partial charge in [0, 0.05) is 11.0 Å². The van der Waals surface area contributed by atoms with Crippen molar-refractivity contribution < 1.29 is 22.8 Å². The van der Waals surface area contributed by atoms with Crippen molar-refractivity contribution >= 4 is 12.6 Å². The van der Waals surface area contributed by atoms with E-state index in [2.05, 4.69) is 0 Å². The van der Waals surface area contributed by atoms with Crippen LogP contribution in [-0.4, -0.2) is 24.4 Å². The molecule has 0 aromatic heterocycles. The van der Waals surface area contributed by atoms with E-state index < -0.39 is 24.7 Å². The van der Waals surface area contributed by atoms with Crippen LogP contribution in [0.15, 0.2) is 18.2 Å². The van der Waals surface area contributed by atoms with Gasteiger partial charge in [-0.2, -0.15) is 0 Å². The Morgan fingerprint density at radius 3 is 2.05 bits per heavy atom. The van der Waals surface area contributed by atoms with Crippen molar-refractivity contribution in [2.24, 2.45) is 0 Å². The highest BCUT2D eigenvalue weighted by atomic mass is 19.3. The Hall–Kier alpha value is -1.14. The van der Waals surface area contributed by atoms with E-state index in [-0.39, 0.29) is 17.1 Å². The molecule has 0 radical (unpaired) electrons. The van der Waals surface area contributed by atoms with E-state index >= 15 is 0 Å². The SMILES string of the molecule is CC(C)Oc1cccc(C(F)F)c1B1OC(C)(C)C(C)(C)O1. The van der Waals surface area contributed by atoms with Gasteiger partial charge in [-0.15, -0.1) is 0 Å². The Kier molecular flexibility index (Phi) is 4.55. The first-order valence-electron chi connectivity index (χ1n) is 7.48. The second-order valence-electron chi connectivity index (χ2n) is 6.81. The number of rotatable bonds is 4. The van der Waals surface area contributed by atoms with Crippen LogP contribution < -0.4 is 10.2 Å². The fraction of sp³-hybridized carbons (Fsp3) is 0.625. The maximum Gasteiger partial charge on any atom is 0.499 e. The molecule has 2 rings (SSSR count). The summed E-state index contributed by atoms with van der Waals surface area (Å²) in [6, 6.07) is 4.62. The zero-order valence-electron chi connectivity index (χ0n) is 13.9. The largest absolute Gasteiger partial charge is 0.499 e. The van der Waals surface area contributed by atoms with Gasteiger partial charge in [0.1, 0.15) is 5.75 Å². The highest BCUT2D eigenvalue weighted by molar-refractivity contribution is 6.63. The molecule has 1 fully saturated rings. The number of ether oxygens (including phenoxy) is 1. The van der Waals surface area contributed by atoms with E-state index in [9.17, 15) is 8.78 Å². The summed E-state index contributed by atoms with van der Waals surface area (Å²) < 4.78 is 44.4. The molecule has 1 aromatic carbocycles. The van der Waals surface area contributed by atoms with Gasteiger partial charge in [0.2, 0.25) is 0 Å². The van der Waals surface area contributed by atoms with Crippen LogP contribution in [0.4, 0.5) is 8.78 Å².